The Bertz CT molecular complexity index is 336. The van der Waals surface area contributed by atoms with Gasteiger partial charge in [0, 0.05) is 12.8 Å². The van der Waals surface area contributed by atoms with Crippen LogP contribution in [0.4, 0.5) is 0 Å². The lowest BCUT2D eigenvalue weighted by molar-refractivity contribution is -0.129. The molecule has 1 fully saturated rings. The van der Waals surface area contributed by atoms with Crippen molar-refractivity contribution < 1.29 is 4.79 Å². The Morgan fingerprint density at radius 3 is 2.64 bits per heavy atom. The molecule has 1 saturated carbocycles. The number of rotatable bonds is 2. The van der Waals surface area contributed by atoms with Gasteiger partial charge in [-0.15, -0.1) is 0 Å². The lowest BCUT2D eigenvalue weighted by Gasteiger charge is -2.13. The Kier molecular flexibility index (Phi) is 2.25. The van der Waals surface area contributed by atoms with Crippen LogP contribution in [0, 0.1) is 0 Å². The summed E-state index contributed by atoms with van der Waals surface area (Å²) in [6.07, 6.45) is 0.986. The quantitative estimate of drug-likeness (QED) is 0.433. The number of nitrogens with zero attached hydrogens (tertiary/aromatic N) is 1. The van der Waals surface area contributed by atoms with E-state index in [-0.39, 0.29) is 11.9 Å². The number of benzene rings is 1. The van der Waals surface area contributed by atoms with E-state index in [9.17, 15) is 4.79 Å². The van der Waals surface area contributed by atoms with Gasteiger partial charge in [0.05, 0.1) is 6.04 Å². The van der Waals surface area contributed by atoms with Gasteiger partial charge in [0.1, 0.15) is 0 Å². The first kappa shape index (κ1) is 9.21. The SMILES string of the molecule is CC(=O)N(N)[C@@H]1C[C@H]1c1ccccc1. The zero-order valence-electron chi connectivity index (χ0n) is 8.18. The maximum Gasteiger partial charge on any atom is 0.233 e. The molecular formula is C11H14N2O. The Labute approximate surface area is 83.5 Å². The van der Waals surface area contributed by atoms with Crippen LogP contribution in [0.1, 0.15) is 24.8 Å². The van der Waals surface area contributed by atoms with Gasteiger partial charge in [-0.05, 0) is 12.0 Å². The zero-order chi connectivity index (χ0) is 10.1. The first-order valence-corrected chi connectivity index (χ1v) is 4.79. The molecule has 0 spiro atoms. The maximum absolute atomic E-state index is 11.0. The fourth-order valence-corrected chi connectivity index (χ4v) is 1.78. The van der Waals surface area contributed by atoms with Gasteiger partial charge in [0.25, 0.3) is 0 Å². The maximum atomic E-state index is 11.0. The van der Waals surface area contributed by atoms with Gasteiger partial charge < -0.3 is 0 Å². The molecule has 3 nitrogen and oxygen atoms in total. The number of nitrogens with two attached hydrogens (primary N) is 1. The average Bonchev–Trinajstić information content (AvgIpc) is 2.97. The van der Waals surface area contributed by atoms with E-state index < -0.39 is 0 Å². The summed E-state index contributed by atoms with van der Waals surface area (Å²) >= 11 is 0. The molecule has 1 aliphatic rings. The third-order valence-corrected chi connectivity index (χ3v) is 2.71. The molecule has 0 aliphatic heterocycles. The highest BCUT2D eigenvalue weighted by Crippen LogP contribution is 2.43. The van der Waals surface area contributed by atoms with Crippen molar-refractivity contribution >= 4 is 5.91 Å². The van der Waals surface area contributed by atoms with E-state index in [0.29, 0.717) is 5.92 Å². The molecule has 14 heavy (non-hydrogen) atoms. The van der Waals surface area contributed by atoms with Crippen LogP contribution in [0.15, 0.2) is 30.3 Å². The summed E-state index contributed by atoms with van der Waals surface area (Å²) in [5, 5.41) is 1.34. The second-order valence-electron chi connectivity index (χ2n) is 3.75. The normalized spacial score (nSPS) is 24.4. The molecule has 1 aromatic rings. The van der Waals surface area contributed by atoms with E-state index in [2.05, 4.69) is 12.1 Å². The molecular weight excluding hydrogens is 176 g/mol. The fourth-order valence-electron chi connectivity index (χ4n) is 1.78. The van der Waals surface area contributed by atoms with Crippen LogP contribution in [-0.2, 0) is 4.79 Å². The van der Waals surface area contributed by atoms with Gasteiger partial charge in [0.15, 0.2) is 0 Å². The predicted octanol–water partition coefficient (Wildman–Crippen LogP) is 1.26. The summed E-state index contributed by atoms with van der Waals surface area (Å²) in [4.78, 5) is 11.0. The van der Waals surface area contributed by atoms with Crippen LogP contribution in [0.2, 0.25) is 0 Å². The number of carbonyl (C=O) groups is 1. The van der Waals surface area contributed by atoms with Crippen molar-refractivity contribution in [1.29, 1.82) is 0 Å². The Hall–Kier alpha value is -1.35. The van der Waals surface area contributed by atoms with Crippen molar-refractivity contribution in [3.8, 4) is 0 Å². The Morgan fingerprint density at radius 2 is 2.07 bits per heavy atom. The van der Waals surface area contributed by atoms with Crippen molar-refractivity contribution in [1.82, 2.24) is 5.01 Å². The summed E-state index contributed by atoms with van der Waals surface area (Å²) in [5.74, 6) is 6.01. The molecule has 2 rings (SSSR count). The molecule has 0 unspecified atom stereocenters. The van der Waals surface area contributed by atoms with E-state index in [1.54, 1.807) is 0 Å². The summed E-state index contributed by atoms with van der Waals surface area (Å²) in [6, 6.07) is 10.4. The first-order valence-electron chi connectivity index (χ1n) is 4.79. The highest BCUT2D eigenvalue weighted by atomic mass is 16.2. The molecule has 1 aliphatic carbocycles. The summed E-state index contributed by atoms with van der Waals surface area (Å²) in [6.45, 7) is 1.50. The van der Waals surface area contributed by atoms with Crippen LogP contribution in [0.3, 0.4) is 0 Å². The minimum Gasteiger partial charge on any atom is -0.277 e. The molecule has 0 heterocycles. The first-order chi connectivity index (χ1) is 6.70. The van der Waals surface area contributed by atoms with Gasteiger partial charge >= 0.3 is 0 Å². The van der Waals surface area contributed by atoms with Crippen LogP contribution in [-0.4, -0.2) is 17.0 Å². The topological polar surface area (TPSA) is 46.3 Å². The standard InChI is InChI=1S/C11H14N2O/c1-8(14)13(12)11-7-10(11)9-5-3-2-4-6-9/h2-6,10-11H,7,12H2,1H3/t10-,11+/m0/s1. The van der Waals surface area contributed by atoms with Crippen molar-refractivity contribution in [3.63, 3.8) is 0 Å². The van der Waals surface area contributed by atoms with E-state index in [4.69, 9.17) is 5.84 Å². The van der Waals surface area contributed by atoms with Gasteiger partial charge in [0.2, 0.25) is 5.91 Å². The summed E-state index contributed by atoms with van der Waals surface area (Å²) in [5.41, 5.74) is 1.27. The largest absolute Gasteiger partial charge is 0.277 e. The molecule has 0 radical (unpaired) electrons. The number of hydrazine groups is 1. The number of hydrogen-bond acceptors (Lipinski definition) is 2. The van der Waals surface area contributed by atoms with E-state index in [1.165, 1.54) is 17.5 Å². The van der Waals surface area contributed by atoms with Crippen molar-refractivity contribution in [2.24, 2.45) is 5.84 Å². The van der Waals surface area contributed by atoms with Gasteiger partial charge in [-0.2, -0.15) is 0 Å². The molecule has 2 N–H and O–H groups in total. The van der Waals surface area contributed by atoms with Gasteiger partial charge in [-0.1, -0.05) is 30.3 Å². The van der Waals surface area contributed by atoms with Crippen LogP contribution >= 0.6 is 0 Å². The van der Waals surface area contributed by atoms with Crippen molar-refractivity contribution in [2.75, 3.05) is 0 Å². The minimum atomic E-state index is -0.0616. The summed E-state index contributed by atoms with van der Waals surface area (Å²) in [7, 11) is 0. The highest BCUT2D eigenvalue weighted by Gasteiger charge is 2.42. The molecule has 1 aromatic carbocycles. The Balaban J connectivity index is 2.03. The van der Waals surface area contributed by atoms with Crippen LogP contribution < -0.4 is 5.84 Å². The van der Waals surface area contributed by atoms with Gasteiger partial charge in [-0.3, -0.25) is 9.80 Å². The Morgan fingerprint density at radius 1 is 1.43 bits per heavy atom. The predicted molar refractivity (Wildman–Crippen MR) is 54.3 cm³/mol. The summed E-state index contributed by atoms with van der Waals surface area (Å²) < 4.78 is 0. The molecule has 0 bridgehead atoms. The zero-order valence-corrected chi connectivity index (χ0v) is 8.18. The highest BCUT2D eigenvalue weighted by molar-refractivity contribution is 5.73. The molecule has 1 amide bonds. The molecule has 3 heteroatoms. The number of amides is 1. The fraction of sp³-hybridized carbons (Fsp3) is 0.364. The van der Waals surface area contributed by atoms with Crippen LogP contribution in [0.5, 0.6) is 0 Å². The lowest BCUT2D eigenvalue weighted by atomic mass is 10.1. The van der Waals surface area contributed by atoms with Crippen molar-refractivity contribution in [2.45, 2.75) is 25.3 Å². The number of carbonyl (C=O) groups excluding carboxylic acids is 1. The van der Waals surface area contributed by atoms with E-state index >= 15 is 0 Å². The molecule has 74 valence electrons. The smallest absolute Gasteiger partial charge is 0.233 e. The van der Waals surface area contributed by atoms with E-state index in [0.717, 1.165) is 6.42 Å². The van der Waals surface area contributed by atoms with Crippen molar-refractivity contribution in [3.05, 3.63) is 35.9 Å². The second kappa shape index (κ2) is 3.42. The molecule has 2 atom stereocenters. The van der Waals surface area contributed by atoms with Crippen LogP contribution in [0.25, 0.3) is 0 Å². The third kappa shape index (κ3) is 1.63. The molecule has 0 saturated heterocycles. The third-order valence-electron chi connectivity index (χ3n) is 2.71. The van der Waals surface area contributed by atoms with Gasteiger partial charge in [-0.25, -0.2) is 5.84 Å². The lowest BCUT2D eigenvalue weighted by Crippen LogP contribution is -2.38. The number of hydrogen-bond donors (Lipinski definition) is 1. The molecule has 0 aromatic heterocycles. The second-order valence-corrected chi connectivity index (χ2v) is 3.75. The average molecular weight is 190 g/mol. The minimum absolute atomic E-state index is 0.0616. The van der Waals surface area contributed by atoms with E-state index in [1.807, 2.05) is 18.2 Å². The monoisotopic (exact) mass is 190 g/mol.